The second-order valence-corrected chi connectivity index (χ2v) is 6.16. The van der Waals surface area contributed by atoms with Crippen LogP contribution in [0.25, 0.3) is 0 Å². The number of rotatable bonds is 2. The predicted octanol–water partition coefficient (Wildman–Crippen LogP) is 2.40. The molecule has 1 saturated heterocycles. The van der Waals surface area contributed by atoms with Crippen molar-refractivity contribution in [2.75, 3.05) is 0 Å². The first-order chi connectivity index (χ1) is 8.65. The Labute approximate surface area is 113 Å². The van der Waals surface area contributed by atoms with Gasteiger partial charge in [0.15, 0.2) is 0 Å². The summed E-state index contributed by atoms with van der Waals surface area (Å²) in [6, 6.07) is -0.507. The van der Waals surface area contributed by atoms with Crippen LogP contribution in [0.2, 0.25) is 0 Å². The number of imide groups is 1. The van der Waals surface area contributed by atoms with Gasteiger partial charge in [-0.25, -0.2) is 9.69 Å². The maximum Gasteiger partial charge on any atom is 0.417 e. The van der Waals surface area contributed by atoms with Gasteiger partial charge in [0, 0.05) is 0 Å². The van der Waals surface area contributed by atoms with Crippen molar-refractivity contribution < 1.29 is 19.5 Å². The molecule has 0 aromatic heterocycles. The molecule has 1 heterocycles. The molecular formula is C13H22N2O4. The van der Waals surface area contributed by atoms with E-state index in [1.807, 2.05) is 13.8 Å². The van der Waals surface area contributed by atoms with Crippen molar-refractivity contribution >= 4 is 17.7 Å². The molecule has 0 aromatic carbocycles. The van der Waals surface area contributed by atoms with Gasteiger partial charge in [-0.05, 0) is 33.1 Å². The van der Waals surface area contributed by atoms with E-state index in [0.717, 1.165) is 4.90 Å². The van der Waals surface area contributed by atoms with Crippen LogP contribution in [-0.2, 0) is 9.53 Å². The van der Waals surface area contributed by atoms with Gasteiger partial charge >= 0.3 is 6.09 Å². The van der Waals surface area contributed by atoms with Crippen LogP contribution in [0.1, 0.15) is 47.5 Å². The lowest BCUT2D eigenvalue weighted by atomic mass is 10.0. The fraction of sp³-hybridized carbons (Fsp3) is 0.769. The van der Waals surface area contributed by atoms with Crippen LogP contribution in [0.3, 0.4) is 0 Å². The zero-order valence-corrected chi connectivity index (χ0v) is 12.1. The van der Waals surface area contributed by atoms with Gasteiger partial charge < -0.3 is 9.94 Å². The third-order valence-corrected chi connectivity index (χ3v) is 2.71. The summed E-state index contributed by atoms with van der Waals surface area (Å²) in [6.07, 6.45) is -0.154. The standard InChI is InChI=1S/C13H22N2O4/c1-8(2)6-10-9(14-18)7-11(16)15(10)12(17)19-13(3,4)5/h8,10,18H,6-7H2,1-5H3/b14-9+/t10-/m0/s1. The molecule has 108 valence electrons. The van der Waals surface area contributed by atoms with Crippen LogP contribution in [-0.4, -0.2) is 39.5 Å². The highest BCUT2D eigenvalue weighted by Crippen LogP contribution is 2.25. The summed E-state index contributed by atoms with van der Waals surface area (Å²) in [4.78, 5) is 25.0. The quantitative estimate of drug-likeness (QED) is 0.617. The molecule has 0 saturated carbocycles. The van der Waals surface area contributed by atoms with Crippen molar-refractivity contribution in [3.63, 3.8) is 0 Å². The monoisotopic (exact) mass is 270 g/mol. The topological polar surface area (TPSA) is 79.2 Å². The van der Waals surface area contributed by atoms with Crippen LogP contribution in [0.4, 0.5) is 4.79 Å². The van der Waals surface area contributed by atoms with Crippen molar-refractivity contribution in [1.29, 1.82) is 0 Å². The molecule has 6 nitrogen and oxygen atoms in total. The number of carbonyl (C=O) groups is 2. The van der Waals surface area contributed by atoms with E-state index in [0.29, 0.717) is 12.1 Å². The van der Waals surface area contributed by atoms with E-state index in [1.54, 1.807) is 20.8 Å². The number of oxime groups is 1. The molecule has 19 heavy (non-hydrogen) atoms. The highest BCUT2D eigenvalue weighted by molar-refractivity contribution is 6.15. The summed E-state index contributed by atoms with van der Waals surface area (Å²) < 4.78 is 5.23. The average molecular weight is 270 g/mol. The van der Waals surface area contributed by atoms with Gasteiger partial charge in [0.05, 0.1) is 18.2 Å². The Morgan fingerprint density at radius 3 is 2.53 bits per heavy atom. The number of ether oxygens (including phenoxy) is 1. The van der Waals surface area contributed by atoms with E-state index in [9.17, 15) is 9.59 Å². The molecule has 0 radical (unpaired) electrons. The Bertz CT molecular complexity index is 396. The normalized spacial score (nSPS) is 22.4. The second kappa shape index (κ2) is 5.59. The minimum Gasteiger partial charge on any atom is -0.443 e. The minimum absolute atomic E-state index is 0.0346. The summed E-state index contributed by atoms with van der Waals surface area (Å²) in [6.45, 7) is 9.17. The smallest absolute Gasteiger partial charge is 0.417 e. The highest BCUT2D eigenvalue weighted by atomic mass is 16.6. The molecule has 0 aliphatic carbocycles. The molecule has 1 N–H and O–H groups in total. The maximum absolute atomic E-state index is 12.1. The van der Waals surface area contributed by atoms with E-state index in [-0.39, 0.29) is 18.2 Å². The van der Waals surface area contributed by atoms with Crippen molar-refractivity contribution in [2.24, 2.45) is 11.1 Å². The summed E-state index contributed by atoms with van der Waals surface area (Å²) in [5.74, 6) is -0.120. The molecule has 0 unspecified atom stereocenters. The summed E-state index contributed by atoms with van der Waals surface area (Å²) in [7, 11) is 0. The van der Waals surface area contributed by atoms with E-state index >= 15 is 0 Å². The fourth-order valence-electron chi connectivity index (χ4n) is 2.01. The first kappa shape index (κ1) is 15.5. The van der Waals surface area contributed by atoms with Gasteiger partial charge in [0.25, 0.3) is 0 Å². The van der Waals surface area contributed by atoms with Crippen LogP contribution in [0.5, 0.6) is 0 Å². The molecule has 2 amide bonds. The van der Waals surface area contributed by atoms with Crippen LogP contribution in [0, 0.1) is 5.92 Å². The molecule has 1 atom stereocenters. The zero-order valence-electron chi connectivity index (χ0n) is 12.1. The van der Waals surface area contributed by atoms with E-state index in [2.05, 4.69) is 5.16 Å². The lowest BCUT2D eigenvalue weighted by Gasteiger charge is -2.27. The second-order valence-electron chi connectivity index (χ2n) is 6.16. The molecule has 1 rings (SSSR count). The molecular weight excluding hydrogens is 248 g/mol. The van der Waals surface area contributed by atoms with E-state index < -0.39 is 17.7 Å². The van der Waals surface area contributed by atoms with Crippen LogP contribution < -0.4 is 0 Å². The molecule has 6 heteroatoms. The van der Waals surface area contributed by atoms with Crippen LogP contribution in [0.15, 0.2) is 5.16 Å². The number of carbonyl (C=O) groups excluding carboxylic acids is 2. The van der Waals surface area contributed by atoms with Crippen molar-refractivity contribution in [3.8, 4) is 0 Å². The lowest BCUT2D eigenvalue weighted by Crippen LogP contribution is -2.44. The van der Waals surface area contributed by atoms with Gasteiger partial charge in [0.2, 0.25) is 5.91 Å². The molecule has 0 bridgehead atoms. The van der Waals surface area contributed by atoms with E-state index in [4.69, 9.17) is 9.94 Å². The number of hydrogen-bond donors (Lipinski definition) is 1. The van der Waals surface area contributed by atoms with Gasteiger partial charge in [0.1, 0.15) is 5.60 Å². The molecule has 0 spiro atoms. The number of nitrogens with zero attached hydrogens (tertiary/aromatic N) is 2. The Kier molecular flexibility index (Phi) is 4.55. The van der Waals surface area contributed by atoms with Crippen molar-refractivity contribution in [2.45, 2.75) is 59.1 Å². The Morgan fingerprint density at radius 2 is 2.11 bits per heavy atom. The SMILES string of the molecule is CC(C)C[C@H]1/C(=N/O)CC(=O)N1C(=O)OC(C)(C)C. The molecule has 1 fully saturated rings. The summed E-state index contributed by atoms with van der Waals surface area (Å²) >= 11 is 0. The Balaban J connectivity index is 2.95. The third-order valence-electron chi connectivity index (χ3n) is 2.71. The van der Waals surface area contributed by atoms with Crippen molar-refractivity contribution in [3.05, 3.63) is 0 Å². The number of hydrogen-bond acceptors (Lipinski definition) is 5. The average Bonchev–Trinajstić information content (AvgIpc) is 2.51. The van der Waals surface area contributed by atoms with E-state index in [1.165, 1.54) is 0 Å². The molecule has 0 aromatic rings. The maximum atomic E-state index is 12.1. The lowest BCUT2D eigenvalue weighted by molar-refractivity contribution is -0.128. The predicted molar refractivity (Wildman–Crippen MR) is 70.2 cm³/mol. The Hall–Kier alpha value is -1.59. The summed E-state index contributed by atoms with van der Waals surface area (Å²) in [5, 5.41) is 12.1. The highest BCUT2D eigenvalue weighted by Gasteiger charge is 2.43. The third kappa shape index (κ3) is 3.94. The number of likely N-dealkylation sites (tertiary alicyclic amines) is 1. The fourth-order valence-corrected chi connectivity index (χ4v) is 2.01. The van der Waals surface area contributed by atoms with Crippen molar-refractivity contribution in [1.82, 2.24) is 4.90 Å². The first-order valence-corrected chi connectivity index (χ1v) is 6.41. The van der Waals surface area contributed by atoms with Gasteiger partial charge in [-0.1, -0.05) is 19.0 Å². The van der Waals surface area contributed by atoms with Gasteiger partial charge in [-0.3, -0.25) is 4.79 Å². The van der Waals surface area contributed by atoms with Crippen LogP contribution >= 0.6 is 0 Å². The zero-order chi connectivity index (χ0) is 14.8. The molecule has 1 aliphatic rings. The minimum atomic E-state index is -0.679. The largest absolute Gasteiger partial charge is 0.443 e. The van der Waals surface area contributed by atoms with Gasteiger partial charge in [-0.15, -0.1) is 0 Å². The number of amides is 2. The molecule has 1 aliphatic heterocycles. The van der Waals surface area contributed by atoms with Gasteiger partial charge in [-0.2, -0.15) is 0 Å². The summed E-state index contributed by atoms with van der Waals surface area (Å²) in [5.41, 5.74) is -0.344. The first-order valence-electron chi connectivity index (χ1n) is 6.41. The Morgan fingerprint density at radius 1 is 1.53 bits per heavy atom.